The largest absolute Gasteiger partial charge is 0.575 e. The number of rotatable bonds is 3. The minimum Gasteiger partial charge on any atom is -0.366 e. The normalized spacial score (nSPS) is 11.4. The van der Waals surface area contributed by atoms with Crippen LogP contribution in [0.3, 0.4) is 0 Å². The Labute approximate surface area is 92.2 Å². The Bertz CT molecular complexity index is 447. The van der Waals surface area contributed by atoms with Crippen LogP contribution in [-0.4, -0.2) is 16.3 Å². The number of hydrogen-bond donors (Lipinski definition) is 0. The van der Waals surface area contributed by atoms with E-state index in [1.54, 1.807) is 0 Å². The summed E-state index contributed by atoms with van der Waals surface area (Å²) in [6.07, 6.45) is -5.08. The van der Waals surface area contributed by atoms with Crippen LogP contribution in [0.25, 0.3) is 0 Å². The molecule has 0 atom stereocenters. The van der Waals surface area contributed by atoms with E-state index < -0.39 is 35.2 Å². The van der Waals surface area contributed by atoms with E-state index >= 15 is 0 Å². The first-order chi connectivity index (χ1) is 7.74. The highest BCUT2D eigenvalue weighted by Gasteiger charge is 2.36. The standard InChI is InChI=1S/C8H6F4N2O3/c1-4-2-6(14(15)16)13-7(5(4)3-9)17-8(10,11)12/h2H,3H2,1H3. The van der Waals surface area contributed by atoms with Crippen LogP contribution < -0.4 is 4.74 Å². The third kappa shape index (κ3) is 3.26. The molecule has 0 fully saturated rings. The predicted octanol–water partition coefficient (Wildman–Crippen LogP) is 2.67. The van der Waals surface area contributed by atoms with Crippen molar-refractivity contribution in [3.8, 4) is 5.88 Å². The highest BCUT2D eigenvalue weighted by molar-refractivity contribution is 5.40. The summed E-state index contributed by atoms with van der Waals surface area (Å²) in [7, 11) is 0. The molecule has 0 aliphatic heterocycles. The first-order valence-electron chi connectivity index (χ1n) is 4.21. The number of aromatic nitrogens is 1. The molecule has 5 nitrogen and oxygen atoms in total. The predicted molar refractivity (Wildman–Crippen MR) is 47.1 cm³/mol. The van der Waals surface area contributed by atoms with Crippen molar-refractivity contribution in [2.75, 3.05) is 0 Å². The summed E-state index contributed by atoms with van der Waals surface area (Å²) in [5.41, 5.74) is -0.499. The van der Waals surface area contributed by atoms with E-state index in [9.17, 15) is 27.7 Å². The zero-order chi connectivity index (χ0) is 13.2. The molecule has 0 aromatic carbocycles. The lowest BCUT2D eigenvalue weighted by molar-refractivity contribution is -0.390. The van der Waals surface area contributed by atoms with Gasteiger partial charge in [0.25, 0.3) is 0 Å². The van der Waals surface area contributed by atoms with Gasteiger partial charge in [0, 0.05) is 11.1 Å². The maximum absolute atomic E-state index is 12.5. The molecule has 9 heteroatoms. The number of pyridine rings is 1. The Balaban J connectivity index is 3.29. The number of nitrogens with zero attached hydrogens (tertiary/aromatic N) is 2. The van der Waals surface area contributed by atoms with Crippen LogP contribution in [0.15, 0.2) is 6.07 Å². The van der Waals surface area contributed by atoms with Gasteiger partial charge in [-0.2, -0.15) is 0 Å². The number of aryl methyl sites for hydroxylation is 1. The van der Waals surface area contributed by atoms with Crippen molar-refractivity contribution < 1.29 is 27.2 Å². The quantitative estimate of drug-likeness (QED) is 0.472. The first kappa shape index (κ1) is 13.1. The van der Waals surface area contributed by atoms with Crippen molar-refractivity contribution >= 4 is 5.82 Å². The molecule has 0 spiro atoms. The molecule has 0 aliphatic carbocycles. The molecule has 0 N–H and O–H groups in total. The zero-order valence-corrected chi connectivity index (χ0v) is 8.42. The van der Waals surface area contributed by atoms with E-state index in [2.05, 4.69) is 9.72 Å². The van der Waals surface area contributed by atoms with E-state index in [4.69, 9.17) is 0 Å². The topological polar surface area (TPSA) is 65.3 Å². The van der Waals surface area contributed by atoms with Gasteiger partial charge in [-0.25, -0.2) is 4.39 Å². The highest BCUT2D eigenvalue weighted by atomic mass is 19.4. The van der Waals surface area contributed by atoms with Gasteiger partial charge in [-0.05, 0) is 17.4 Å². The van der Waals surface area contributed by atoms with Crippen molar-refractivity contribution in [1.82, 2.24) is 4.98 Å². The molecule has 1 rings (SSSR count). The lowest BCUT2D eigenvalue weighted by atomic mass is 10.1. The van der Waals surface area contributed by atoms with E-state index in [0.29, 0.717) is 0 Å². The molecule has 1 aromatic rings. The molecule has 94 valence electrons. The fourth-order valence-electron chi connectivity index (χ4n) is 1.10. The number of hydrogen-bond acceptors (Lipinski definition) is 4. The summed E-state index contributed by atoms with van der Waals surface area (Å²) in [5, 5.41) is 10.4. The number of alkyl halides is 4. The number of nitro groups is 1. The molecule has 1 aromatic heterocycles. The molecule has 1 heterocycles. The van der Waals surface area contributed by atoms with Crippen LogP contribution in [0.2, 0.25) is 0 Å². The second-order valence-corrected chi connectivity index (χ2v) is 3.02. The molecule has 0 amide bonds. The Kier molecular flexibility index (Phi) is 3.49. The van der Waals surface area contributed by atoms with Crippen molar-refractivity contribution in [2.24, 2.45) is 0 Å². The molecule has 17 heavy (non-hydrogen) atoms. The van der Waals surface area contributed by atoms with E-state index in [1.165, 1.54) is 6.92 Å². The van der Waals surface area contributed by atoms with Gasteiger partial charge in [0.1, 0.15) is 6.67 Å². The van der Waals surface area contributed by atoms with Crippen LogP contribution >= 0.6 is 0 Å². The van der Waals surface area contributed by atoms with Gasteiger partial charge in [0.05, 0.1) is 5.56 Å². The summed E-state index contributed by atoms with van der Waals surface area (Å²) >= 11 is 0. The van der Waals surface area contributed by atoms with E-state index in [-0.39, 0.29) is 5.56 Å². The number of ether oxygens (including phenoxy) is 1. The Hall–Kier alpha value is -1.93. The third-order valence-electron chi connectivity index (χ3n) is 1.83. The molecule has 0 bridgehead atoms. The molecular weight excluding hydrogens is 248 g/mol. The molecule has 0 unspecified atom stereocenters. The average molecular weight is 254 g/mol. The monoisotopic (exact) mass is 254 g/mol. The summed E-state index contributed by atoms with van der Waals surface area (Å²) in [5.74, 6) is -1.97. The lowest BCUT2D eigenvalue weighted by Gasteiger charge is -2.09. The Morgan fingerprint density at radius 3 is 2.53 bits per heavy atom. The van der Waals surface area contributed by atoms with Gasteiger partial charge >= 0.3 is 18.1 Å². The zero-order valence-electron chi connectivity index (χ0n) is 8.42. The van der Waals surface area contributed by atoms with Crippen molar-refractivity contribution in [3.63, 3.8) is 0 Å². The molecule has 0 saturated heterocycles. The van der Waals surface area contributed by atoms with Crippen LogP contribution in [0.1, 0.15) is 11.1 Å². The summed E-state index contributed by atoms with van der Waals surface area (Å²) in [6.45, 7) is -0.0327. The SMILES string of the molecule is Cc1cc([N+](=O)[O-])nc(OC(F)(F)F)c1CF. The molecule has 0 radical (unpaired) electrons. The lowest BCUT2D eigenvalue weighted by Crippen LogP contribution is -2.19. The average Bonchev–Trinajstić information content (AvgIpc) is 2.14. The highest BCUT2D eigenvalue weighted by Crippen LogP contribution is 2.29. The van der Waals surface area contributed by atoms with E-state index in [0.717, 1.165) is 6.07 Å². The second-order valence-electron chi connectivity index (χ2n) is 3.02. The maximum Gasteiger partial charge on any atom is 0.575 e. The molecule has 0 saturated carbocycles. The summed E-state index contributed by atoms with van der Waals surface area (Å²) in [4.78, 5) is 12.4. The minimum atomic E-state index is -5.08. The second kappa shape index (κ2) is 4.52. The van der Waals surface area contributed by atoms with Crippen molar-refractivity contribution in [2.45, 2.75) is 20.0 Å². The van der Waals surface area contributed by atoms with Crippen molar-refractivity contribution in [1.29, 1.82) is 0 Å². The van der Waals surface area contributed by atoms with Crippen LogP contribution in [0.5, 0.6) is 5.88 Å². The summed E-state index contributed by atoms with van der Waals surface area (Å²) in [6, 6.07) is 0.873. The van der Waals surface area contributed by atoms with Gasteiger partial charge < -0.3 is 14.9 Å². The van der Waals surface area contributed by atoms with Gasteiger partial charge in [-0.3, -0.25) is 0 Å². The maximum atomic E-state index is 12.5. The third-order valence-corrected chi connectivity index (χ3v) is 1.83. The van der Waals surface area contributed by atoms with Crippen LogP contribution in [0, 0.1) is 17.0 Å². The smallest absolute Gasteiger partial charge is 0.366 e. The van der Waals surface area contributed by atoms with Crippen molar-refractivity contribution in [3.05, 3.63) is 27.3 Å². The van der Waals surface area contributed by atoms with Crippen LogP contribution in [0.4, 0.5) is 23.4 Å². The van der Waals surface area contributed by atoms with Gasteiger partial charge in [0.2, 0.25) is 0 Å². The minimum absolute atomic E-state index is 0.0338. The fourth-order valence-corrected chi connectivity index (χ4v) is 1.10. The fraction of sp³-hybridized carbons (Fsp3) is 0.375. The first-order valence-corrected chi connectivity index (χ1v) is 4.21. The van der Waals surface area contributed by atoms with Gasteiger partial charge in [0.15, 0.2) is 0 Å². The summed E-state index contributed by atoms with van der Waals surface area (Å²) < 4.78 is 51.8. The molecular formula is C8H6F4N2O3. The Morgan fingerprint density at radius 1 is 1.53 bits per heavy atom. The Morgan fingerprint density at radius 2 is 2.12 bits per heavy atom. The van der Waals surface area contributed by atoms with Gasteiger partial charge in [-0.15, -0.1) is 13.2 Å². The van der Waals surface area contributed by atoms with Gasteiger partial charge in [-0.1, -0.05) is 0 Å². The van der Waals surface area contributed by atoms with E-state index in [1.807, 2.05) is 0 Å². The number of halogens is 4. The van der Waals surface area contributed by atoms with Crippen LogP contribution in [-0.2, 0) is 6.67 Å². The molecule has 0 aliphatic rings.